The molecule has 0 amide bonds. The summed E-state index contributed by atoms with van der Waals surface area (Å²) in [5, 5.41) is 13.7. The quantitative estimate of drug-likeness (QED) is 0.909. The zero-order valence-electron chi connectivity index (χ0n) is 12.2. The summed E-state index contributed by atoms with van der Waals surface area (Å²) in [6, 6.07) is 0. The van der Waals surface area contributed by atoms with Crippen LogP contribution in [-0.4, -0.2) is 28.5 Å². The summed E-state index contributed by atoms with van der Waals surface area (Å²) < 4.78 is 11.0. The minimum Gasteiger partial charge on any atom is -0.393 e. The van der Waals surface area contributed by atoms with Gasteiger partial charge in [-0.25, -0.2) is 0 Å². The van der Waals surface area contributed by atoms with Crippen molar-refractivity contribution < 1.29 is 14.4 Å². The number of rotatable bonds is 4. The summed E-state index contributed by atoms with van der Waals surface area (Å²) in [5.74, 6) is 1.69. The maximum absolute atomic E-state index is 9.59. The lowest BCUT2D eigenvalue weighted by molar-refractivity contribution is -0.0609. The van der Waals surface area contributed by atoms with E-state index in [1.807, 2.05) is 6.92 Å². The third kappa shape index (κ3) is 2.82. The Balaban J connectivity index is 2.20. The van der Waals surface area contributed by atoms with Gasteiger partial charge in [0.25, 0.3) is 0 Å². The minimum absolute atomic E-state index is 0.155. The summed E-state index contributed by atoms with van der Waals surface area (Å²) in [7, 11) is 1.71. The van der Waals surface area contributed by atoms with E-state index in [0.29, 0.717) is 11.7 Å². The van der Waals surface area contributed by atoms with Crippen LogP contribution in [0.5, 0.6) is 0 Å². The highest BCUT2D eigenvalue weighted by molar-refractivity contribution is 5.05. The molecule has 0 bridgehead atoms. The number of aliphatic hydroxyl groups excluding tert-OH is 1. The van der Waals surface area contributed by atoms with E-state index >= 15 is 0 Å². The fraction of sp³-hybridized carbons (Fsp3) is 0.857. The molecule has 5 heteroatoms. The zero-order chi connectivity index (χ0) is 14.0. The molecule has 0 aliphatic heterocycles. The largest absolute Gasteiger partial charge is 0.393 e. The molecule has 108 valence electrons. The second kappa shape index (κ2) is 5.59. The number of hydrogen-bond donors (Lipinski definition) is 1. The number of aromatic nitrogens is 2. The maximum Gasteiger partial charge on any atom is 0.232 e. The minimum atomic E-state index is -0.502. The van der Waals surface area contributed by atoms with Crippen LogP contribution >= 0.6 is 0 Å². The van der Waals surface area contributed by atoms with Gasteiger partial charge >= 0.3 is 0 Å². The van der Waals surface area contributed by atoms with E-state index in [1.54, 1.807) is 14.0 Å². The number of hydrogen-bond acceptors (Lipinski definition) is 5. The molecule has 1 fully saturated rings. The van der Waals surface area contributed by atoms with Crippen LogP contribution in [0.1, 0.15) is 64.1 Å². The van der Waals surface area contributed by atoms with Gasteiger partial charge in [-0.2, -0.15) is 4.98 Å². The van der Waals surface area contributed by atoms with E-state index in [1.165, 1.54) is 0 Å². The van der Waals surface area contributed by atoms with Crippen molar-refractivity contribution in [2.75, 3.05) is 7.11 Å². The standard InChI is InChI=1S/C14H24N2O3/c1-9-5-7-14(18-4,8-6-9)13-15-12(19-16-13)10(2)11(3)17/h9-11,17H,5-8H2,1-4H3. The molecule has 5 nitrogen and oxygen atoms in total. The zero-order valence-corrected chi connectivity index (χ0v) is 12.2. The molecule has 0 radical (unpaired) electrons. The van der Waals surface area contributed by atoms with Crippen LogP contribution in [0, 0.1) is 5.92 Å². The van der Waals surface area contributed by atoms with E-state index in [9.17, 15) is 5.11 Å². The topological polar surface area (TPSA) is 68.4 Å². The normalized spacial score (nSPS) is 31.1. The Hall–Kier alpha value is -0.940. The van der Waals surface area contributed by atoms with Gasteiger partial charge in [-0.3, -0.25) is 0 Å². The lowest BCUT2D eigenvalue weighted by Crippen LogP contribution is -2.34. The first-order valence-electron chi connectivity index (χ1n) is 7.06. The third-order valence-corrected chi connectivity index (χ3v) is 4.44. The van der Waals surface area contributed by atoms with Gasteiger partial charge in [-0.1, -0.05) is 19.0 Å². The van der Waals surface area contributed by atoms with Gasteiger partial charge in [0.1, 0.15) is 5.60 Å². The Morgan fingerprint density at radius 3 is 2.53 bits per heavy atom. The van der Waals surface area contributed by atoms with Crippen molar-refractivity contribution in [2.45, 2.75) is 64.1 Å². The second-order valence-electron chi connectivity index (χ2n) is 5.87. The number of ether oxygens (including phenoxy) is 1. The summed E-state index contributed by atoms with van der Waals surface area (Å²) >= 11 is 0. The highest BCUT2D eigenvalue weighted by Crippen LogP contribution is 2.41. The maximum atomic E-state index is 9.59. The summed E-state index contributed by atoms with van der Waals surface area (Å²) in [6.07, 6.45) is 3.57. The van der Waals surface area contributed by atoms with Crippen LogP contribution < -0.4 is 0 Å². The first-order chi connectivity index (χ1) is 8.98. The van der Waals surface area contributed by atoms with Gasteiger partial charge in [0.05, 0.1) is 12.0 Å². The fourth-order valence-corrected chi connectivity index (χ4v) is 2.56. The SMILES string of the molecule is COC1(c2noc(C(C)C(C)O)n2)CCC(C)CC1. The predicted molar refractivity (Wildman–Crippen MR) is 70.7 cm³/mol. The Labute approximate surface area is 114 Å². The van der Waals surface area contributed by atoms with Gasteiger partial charge < -0.3 is 14.4 Å². The van der Waals surface area contributed by atoms with Crippen molar-refractivity contribution in [1.29, 1.82) is 0 Å². The second-order valence-corrected chi connectivity index (χ2v) is 5.87. The number of methoxy groups -OCH3 is 1. The van der Waals surface area contributed by atoms with Crippen molar-refractivity contribution in [3.63, 3.8) is 0 Å². The fourth-order valence-electron chi connectivity index (χ4n) is 2.56. The van der Waals surface area contributed by atoms with Crippen molar-refractivity contribution in [2.24, 2.45) is 5.92 Å². The monoisotopic (exact) mass is 268 g/mol. The first kappa shape index (κ1) is 14.5. The molecule has 19 heavy (non-hydrogen) atoms. The van der Waals surface area contributed by atoms with E-state index in [-0.39, 0.29) is 5.92 Å². The molecule has 2 rings (SSSR count). The molecule has 1 N–H and O–H groups in total. The molecule has 1 aliphatic carbocycles. The third-order valence-electron chi connectivity index (χ3n) is 4.44. The average Bonchev–Trinajstić information content (AvgIpc) is 2.89. The Bertz CT molecular complexity index is 409. The predicted octanol–water partition coefficient (Wildman–Crippen LogP) is 2.61. The van der Waals surface area contributed by atoms with Crippen LogP contribution in [0.15, 0.2) is 4.52 Å². The summed E-state index contributed by atoms with van der Waals surface area (Å²) in [5.41, 5.74) is -0.410. The van der Waals surface area contributed by atoms with Crippen molar-refractivity contribution >= 4 is 0 Å². The van der Waals surface area contributed by atoms with E-state index in [2.05, 4.69) is 17.1 Å². The molecule has 1 aliphatic rings. The molecular formula is C14H24N2O3. The van der Waals surface area contributed by atoms with Crippen molar-refractivity contribution in [3.05, 3.63) is 11.7 Å². The van der Waals surface area contributed by atoms with Crippen LogP contribution in [-0.2, 0) is 10.3 Å². The van der Waals surface area contributed by atoms with Crippen molar-refractivity contribution in [3.8, 4) is 0 Å². The number of aliphatic hydroxyl groups is 1. The van der Waals surface area contributed by atoms with Gasteiger partial charge in [-0.15, -0.1) is 0 Å². The number of nitrogens with zero attached hydrogens (tertiary/aromatic N) is 2. The summed E-state index contributed by atoms with van der Waals surface area (Å²) in [6.45, 7) is 5.87. The van der Waals surface area contributed by atoms with Crippen LogP contribution in [0.3, 0.4) is 0 Å². The lowest BCUT2D eigenvalue weighted by atomic mass is 9.79. The molecule has 2 unspecified atom stereocenters. The van der Waals surface area contributed by atoms with Gasteiger partial charge in [-0.05, 0) is 38.5 Å². The highest BCUT2D eigenvalue weighted by atomic mass is 16.5. The van der Waals surface area contributed by atoms with Gasteiger partial charge in [0, 0.05) is 7.11 Å². The van der Waals surface area contributed by atoms with Crippen LogP contribution in [0.2, 0.25) is 0 Å². The molecule has 1 aromatic rings. The van der Waals surface area contributed by atoms with E-state index in [4.69, 9.17) is 9.26 Å². The Kier molecular flexibility index (Phi) is 4.26. The van der Waals surface area contributed by atoms with Gasteiger partial charge in [0.2, 0.25) is 11.7 Å². The van der Waals surface area contributed by atoms with Crippen LogP contribution in [0.25, 0.3) is 0 Å². The molecule has 0 spiro atoms. The highest BCUT2D eigenvalue weighted by Gasteiger charge is 2.40. The molecule has 1 aromatic heterocycles. The van der Waals surface area contributed by atoms with E-state index < -0.39 is 11.7 Å². The van der Waals surface area contributed by atoms with Crippen LogP contribution in [0.4, 0.5) is 0 Å². The van der Waals surface area contributed by atoms with Gasteiger partial charge in [0.15, 0.2) is 0 Å². The molecular weight excluding hydrogens is 244 g/mol. The molecule has 2 atom stereocenters. The smallest absolute Gasteiger partial charge is 0.232 e. The summed E-state index contributed by atoms with van der Waals surface area (Å²) in [4.78, 5) is 4.46. The average molecular weight is 268 g/mol. The molecule has 0 aromatic carbocycles. The molecule has 1 heterocycles. The molecule has 0 saturated heterocycles. The van der Waals surface area contributed by atoms with E-state index in [0.717, 1.165) is 31.6 Å². The van der Waals surface area contributed by atoms with Crippen molar-refractivity contribution in [1.82, 2.24) is 10.1 Å². The lowest BCUT2D eigenvalue weighted by Gasteiger charge is -2.35. The first-order valence-corrected chi connectivity index (χ1v) is 7.06. The molecule has 1 saturated carbocycles. The Morgan fingerprint density at radius 2 is 2.00 bits per heavy atom. The Morgan fingerprint density at radius 1 is 1.37 bits per heavy atom.